The van der Waals surface area contributed by atoms with E-state index in [-0.39, 0.29) is 10.5 Å². The molecule has 0 N–H and O–H groups in total. The predicted octanol–water partition coefficient (Wildman–Crippen LogP) is 2.84. The molecule has 1 aromatic rings. The van der Waals surface area contributed by atoms with Crippen LogP contribution in [0.1, 0.15) is 23.9 Å². The number of aromatic nitrogens is 1. The molecule has 13 heavy (non-hydrogen) atoms. The van der Waals surface area contributed by atoms with Crippen molar-refractivity contribution in [1.82, 2.24) is 4.98 Å². The van der Waals surface area contributed by atoms with Crippen molar-refractivity contribution in [3.63, 3.8) is 0 Å². The van der Waals surface area contributed by atoms with E-state index in [0.717, 1.165) is 6.42 Å². The molecule has 4 nitrogen and oxygen atoms in total. The van der Waals surface area contributed by atoms with Crippen molar-refractivity contribution >= 4 is 21.6 Å². The summed E-state index contributed by atoms with van der Waals surface area (Å²) in [5.41, 5.74) is 0.791. The number of alkyl halides is 1. The maximum Gasteiger partial charge on any atom is 0.272 e. The lowest BCUT2D eigenvalue weighted by Crippen LogP contribution is -1.95. The van der Waals surface area contributed by atoms with E-state index >= 15 is 0 Å². The lowest BCUT2D eigenvalue weighted by Gasteiger charge is -2.04. The van der Waals surface area contributed by atoms with Crippen LogP contribution in [0.25, 0.3) is 0 Å². The molecule has 1 rings (SSSR count). The third-order valence-electron chi connectivity index (χ3n) is 1.65. The van der Waals surface area contributed by atoms with Crippen molar-refractivity contribution in [3.05, 3.63) is 34.1 Å². The van der Waals surface area contributed by atoms with E-state index in [1.807, 2.05) is 6.92 Å². The molecule has 70 valence electrons. The van der Waals surface area contributed by atoms with Gasteiger partial charge in [0, 0.05) is 18.3 Å². The van der Waals surface area contributed by atoms with E-state index in [1.54, 1.807) is 0 Å². The van der Waals surface area contributed by atoms with Gasteiger partial charge in [-0.3, -0.25) is 15.1 Å². The average Bonchev–Trinajstić information content (AvgIpc) is 2.17. The fourth-order valence-corrected chi connectivity index (χ4v) is 1.18. The van der Waals surface area contributed by atoms with Gasteiger partial charge in [-0.2, -0.15) is 0 Å². The van der Waals surface area contributed by atoms with Crippen LogP contribution in [0.3, 0.4) is 0 Å². The molecule has 0 aromatic carbocycles. The second-order valence-corrected chi connectivity index (χ2v) is 3.68. The topological polar surface area (TPSA) is 56.0 Å². The smallest absolute Gasteiger partial charge is 0.260 e. The Hall–Kier alpha value is -0.970. The monoisotopic (exact) mass is 244 g/mol. The van der Waals surface area contributed by atoms with Crippen LogP contribution in [0.4, 0.5) is 5.69 Å². The van der Waals surface area contributed by atoms with Gasteiger partial charge in [-0.25, -0.2) is 0 Å². The van der Waals surface area contributed by atoms with Gasteiger partial charge in [0.15, 0.2) is 0 Å². The Balaban J connectivity index is 2.98. The molecular formula is C8H9BrN2O2. The van der Waals surface area contributed by atoms with Crippen molar-refractivity contribution in [2.24, 2.45) is 0 Å². The van der Waals surface area contributed by atoms with Gasteiger partial charge in [0.05, 0.1) is 15.4 Å². The number of halogens is 1. The molecular weight excluding hydrogens is 236 g/mol. The molecule has 0 amide bonds. The van der Waals surface area contributed by atoms with Crippen molar-refractivity contribution < 1.29 is 4.92 Å². The van der Waals surface area contributed by atoms with Crippen molar-refractivity contribution in [2.75, 3.05) is 0 Å². The first-order chi connectivity index (χ1) is 6.15. The molecule has 1 unspecified atom stereocenters. The molecule has 1 aromatic heterocycles. The zero-order chi connectivity index (χ0) is 9.84. The number of hydrogen-bond acceptors (Lipinski definition) is 3. The first-order valence-electron chi connectivity index (χ1n) is 3.89. The van der Waals surface area contributed by atoms with Gasteiger partial charge in [-0.15, -0.1) is 0 Å². The van der Waals surface area contributed by atoms with Gasteiger partial charge in [0.1, 0.15) is 0 Å². The molecule has 0 fully saturated rings. The Morgan fingerprint density at radius 3 is 3.00 bits per heavy atom. The molecule has 1 atom stereocenters. The highest BCUT2D eigenvalue weighted by molar-refractivity contribution is 9.09. The summed E-state index contributed by atoms with van der Waals surface area (Å²) in [7, 11) is 0. The first kappa shape index (κ1) is 10.1. The van der Waals surface area contributed by atoms with Crippen LogP contribution in [0.15, 0.2) is 18.3 Å². The van der Waals surface area contributed by atoms with E-state index in [0.29, 0.717) is 5.69 Å². The fourth-order valence-electron chi connectivity index (χ4n) is 0.931. The summed E-state index contributed by atoms with van der Waals surface area (Å²) < 4.78 is 0. The molecule has 0 radical (unpaired) electrons. The largest absolute Gasteiger partial charge is 0.272 e. The summed E-state index contributed by atoms with van der Waals surface area (Å²) in [6, 6.07) is 2.88. The van der Waals surface area contributed by atoms with E-state index in [2.05, 4.69) is 20.9 Å². The predicted molar refractivity (Wildman–Crippen MR) is 52.9 cm³/mol. The molecule has 0 aliphatic heterocycles. The minimum Gasteiger partial charge on any atom is -0.260 e. The summed E-state index contributed by atoms with van der Waals surface area (Å²) in [6.07, 6.45) is 2.31. The number of nitrogens with zero attached hydrogens (tertiary/aromatic N) is 2. The lowest BCUT2D eigenvalue weighted by atomic mass is 10.2. The highest BCUT2D eigenvalue weighted by Crippen LogP contribution is 2.26. The van der Waals surface area contributed by atoms with Crippen molar-refractivity contribution in [3.8, 4) is 0 Å². The maximum absolute atomic E-state index is 10.4. The van der Waals surface area contributed by atoms with Gasteiger partial charge in [-0.05, 0) is 6.42 Å². The van der Waals surface area contributed by atoms with E-state index < -0.39 is 4.92 Å². The summed E-state index contributed by atoms with van der Waals surface area (Å²) >= 11 is 3.38. The maximum atomic E-state index is 10.4. The molecule has 1 heterocycles. The molecule has 0 spiro atoms. The molecule has 0 saturated carbocycles. The normalized spacial score (nSPS) is 12.5. The second kappa shape index (κ2) is 4.32. The van der Waals surface area contributed by atoms with Crippen LogP contribution < -0.4 is 0 Å². The lowest BCUT2D eigenvalue weighted by molar-refractivity contribution is -0.385. The third-order valence-corrected chi connectivity index (χ3v) is 2.77. The second-order valence-electron chi connectivity index (χ2n) is 2.57. The number of hydrogen-bond donors (Lipinski definition) is 0. The summed E-state index contributed by atoms with van der Waals surface area (Å²) in [6.45, 7) is 1.99. The number of rotatable bonds is 3. The van der Waals surface area contributed by atoms with E-state index in [9.17, 15) is 10.1 Å². The standard InChI is InChI=1S/C8H9BrN2O2/c1-2-7(9)8-5-6(11(12)13)3-4-10-8/h3-5,7H,2H2,1H3. The highest BCUT2D eigenvalue weighted by Gasteiger charge is 2.11. The van der Waals surface area contributed by atoms with Crippen LogP contribution in [-0.4, -0.2) is 9.91 Å². The van der Waals surface area contributed by atoms with Crippen LogP contribution in [0.5, 0.6) is 0 Å². The molecule has 5 heteroatoms. The zero-order valence-electron chi connectivity index (χ0n) is 7.11. The van der Waals surface area contributed by atoms with Crippen LogP contribution in [0, 0.1) is 10.1 Å². The van der Waals surface area contributed by atoms with E-state index in [4.69, 9.17) is 0 Å². The van der Waals surface area contributed by atoms with Gasteiger partial charge in [-0.1, -0.05) is 22.9 Å². The average molecular weight is 245 g/mol. The Bertz CT molecular complexity index is 317. The quantitative estimate of drug-likeness (QED) is 0.467. The minimum absolute atomic E-state index is 0.0860. The SMILES string of the molecule is CCC(Br)c1cc([N+](=O)[O-])ccn1. The zero-order valence-corrected chi connectivity index (χ0v) is 8.69. The van der Waals surface area contributed by atoms with Crippen LogP contribution >= 0.6 is 15.9 Å². The summed E-state index contributed by atoms with van der Waals surface area (Å²) in [4.78, 5) is 14.1. The Labute approximate surface area is 84.3 Å². The van der Waals surface area contributed by atoms with Gasteiger partial charge in [0.25, 0.3) is 5.69 Å². The van der Waals surface area contributed by atoms with Gasteiger partial charge >= 0.3 is 0 Å². The fraction of sp³-hybridized carbons (Fsp3) is 0.375. The number of nitro groups is 1. The van der Waals surface area contributed by atoms with Gasteiger partial charge in [0.2, 0.25) is 0 Å². The van der Waals surface area contributed by atoms with E-state index in [1.165, 1.54) is 18.3 Å². The summed E-state index contributed by atoms with van der Waals surface area (Å²) in [5, 5.41) is 10.4. The molecule has 0 aliphatic carbocycles. The van der Waals surface area contributed by atoms with Gasteiger partial charge < -0.3 is 0 Å². The molecule has 0 aliphatic rings. The minimum atomic E-state index is -0.416. The molecule has 0 bridgehead atoms. The summed E-state index contributed by atoms with van der Waals surface area (Å²) in [5.74, 6) is 0. The van der Waals surface area contributed by atoms with Crippen molar-refractivity contribution in [2.45, 2.75) is 18.2 Å². The first-order valence-corrected chi connectivity index (χ1v) is 4.81. The van der Waals surface area contributed by atoms with Crippen LogP contribution in [0.2, 0.25) is 0 Å². The van der Waals surface area contributed by atoms with Crippen LogP contribution in [-0.2, 0) is 0 Å². The Morgan fingerprint density at radius 2 is 2.46 bits per heavy atom. The third kappa shape index (κ3) is 2.48. The Kier molecular flexibility index (Phi) is 3.36. The van der Waals surface area contributed by atoms with Crippen molar-refractivity contribution in [1.29, 1.82) is 0 Å². The Morgan fingerprint density at radius 1 is 1.77 bits per heavy atom. The number of pyridine rings is 1. The molecule has 0 saturated heterocycles. The highest BCUT2D eigenvalue weighted by atomic mass is 79.9.